The van der Waals surface area contributed by atoms with Crippen LogP contribution >= 0.6 is 0 Å². The summed E-state index contributed by atoms with van der Waals surface area (Å²) in [5.41, 5.74) is -0.780. The third-order valence-corrected chi connectivity index (χ3v) is 7.38. The van der Waals surface area contributed by atoms with E-state index in [-0.39, 0.29) is 16.5 Å². The van der Waals surface area contributed by atoms with Crippen molar-refractivity contribution in [2.75, 3.05) is 5.32 Å². The topological polar surface area (TPSA) is 127 Å². The first kappa shape index (κ1) is 28.6. The van der Waals surface area contributed by atoms with Gasteiger partial charge in [0.25, 0.3) is 0 Å². The van der Waals surface area contributed by atoms with E-state index >= 15 is 0 Å². The standard InChI is InChI=1S/C19H19F6NO7S2/c1-4-16(2,3)15(27)26-13-9-5-8-12-11(13)7-6-10-14(12)33-35(31,32)19(24,25)17(20,21)18(22,23)34(28,29)30/h5-10H,4H2,1-3H3,(H,26,27)(H,28,29,30). The number of rotatable bonds is 9. The Bertz CT molecular complexity index is 1360. The van der Waals surface area contributed by atoms with Crippen LogP contribution in [0.25, 0.3) is 10.8 Å². The first-order valence-electron chi connectivity index (χ1n) is 9.51. The van der Waals surface area contributed by atoms with Gasteiger partial charge >= 0.3 is 36.7 Å². The number of alkyl halides is 6. The molecule has 2 N–H and O–H groups in total. The number of fused-ring (bicyclic) bond motifs is 1. The van der Waals surface area contributed by atoms with Crippen molar-refractivity contribution in [2.45, 2.75) is 43.6 Å². The van der Waals surface area contributed by atoms with Crippen molar-refractivity contribution >= 4 is 42.6 Å². The average Bonchev–Trinajstić information content (AvgIpc) is 2.72. The van der Waals surface area contributed by atoms with Crippen molar-refractivity contribution in [1.82, 2.24) is 0 Å². The van der Waals surface area contributed by atoms with E-state index < -0.39 is 53.7 Å². The number of hydrogen-bond donors (Lipinski definition) is 2. The van der Waals surface area contributed by atoms with E-state index in [2.05, 4.69) is 9.50 Å². The highest BCUT2D eigenvalue weighted by Gasteiger charge is 2.83. The number of anilines is 1. The predicted octanol–water partition coefficient (Wildman–Crippen LogP) is 4.63. The van der Waals surface area contributed by atoms with Crippen LogP contribution in [0.15, 0.2) is 36.4 Å². The number of carbonyl (C=O) groups excluding carboxylic acids is 1. The maximum absolute atomic E-state index is 14.1. The van der Waals surface area contributed by atoms with Crippen LogP contribution in [0, 0.1) is 5.41 Å². The van der Waals surface area contributed by atoms with Gasteiger partial charge in [-0.2, -0.15) is 43.2 Å². The minimum Gasteiger partial charge on any atom is -0.377 e. The maximum atomic E-state index is 14.1. The van der Waals surface area contributed by atoms with E-state index in [9.17, 15) is 48.0 Å². The van der Waals surface area contributed by atoms with Crippen LogP contribution in [-0.4, -0.2) is 43.7 Å². The minimum atomic E-state index is -7.17. The van der Waals surface area contributed by atoms with Crippen molar-refractivity contribution in [3.8, 4) is 5.75 Å². The van der Waals surface area contributed by atoms with Gasteiger partial charge in [-0.1, -0.05) is 45.0 Å². The molecule has 2 aromatic rings. The zero-order chi connectivity index (χ0) is 27.3. The van der Waals surface area contributed by atoms with Crippen LogP contribution in [0.5, 0.6) is 5.75 Å². The fourth-order valence-corrected chi connectivity index (χ4v) is 4.02. The number of nitrogens with one attached hydrogen (secondary N) is 1. The second-order valence-corrected chi connectivity index (χ2v) is 11.0. The molecule has 0 saturated carbocycles. The molecule has 0 atom stereocenters. The molecule has 0 fully saturated rings. The van der Waals surface area contributed by atoms with Crippen molar-refractivity contribution in [2.24, 2.45) is 5.41 Å². The summed E-state index contributed by atoms with van der Waals surface area (Å²) in [7, 11) is -14.2. The van der Waals surface area contributed by atoms with Gasteiger partial charge in [0.2, 0.25) is 5.91 Å². The zero-order valence-electron chi connectivity index (χ0n) is 18.2. The Morgan fingerprint density at radius 1 is 0.914 bits per heavy atom. The summed E-state index contributed by atoms with van der Waals surface area (Å²) in [4.78, 5) is 12.5. The van der Waals surface area contributed by atoms with Gasteiger partial charge in [0.05, 0.1) is 0 Å². The molecule has 2 rings (SSSR count). The number of hydrogen-bond acceptors (Lipinski definition) is 6. The zero-order valence-corrected chi connectivity index (χ0v) is 19.8. The van der Waals surface area contributed by atoms with Crippen LogP contribution in [0.2, 0.25) is 0 Å². The van der Waals surface area contributed by atoms with Gasteiger partial charge < -0.3 is 9.50 Å². The molecule has 0 aromatic heterocycles. The Morgan fingerprint density at radius 3 is 1.94 bits per heavy atom. The minimum absolute atomic E-state index is 0.0128. The molecule has 0 heterocycles. The van der Waals surface area contributed by atoms with Crippen molar-refractivity contribution < 1.29 is 56.7 Å². The fraction of sp³-hybridized carbons (Fsp3) is 0.421. The lowest BCUT2D eigenvalue weighted by Gasteiger charge is -2.29. The van der Waals surface area contributed by atoms with Gasteiger partial charge in [-0.15, -0.1) is 0 Å². The first-order valence-corrected chi connectivity index (χ1v) is 12.4. The Hall–Kier alpha value is -2.59. The van der Waals surface area contributed by atoms with Crippen LogP contribution in [0.4, 0.5) is 32.0 Å². The van der Waals surface area contributed by atoms with E-state index in [1.165, 1.54) is 18.2 Å². The summed E-state index contributed by atoms with van der Waals surface area (Å²) < 4.78 is 140. The predicted molar refractivity (Wildman–Crippen MR) is 113 cm³/mol. The summed E-state index contributed by atoms with van der Waals surface area (Å²) >= 11 is 0. The molecule has 1 amide bonds. The molecular weight excluding hydrogens is 532 g/mol. The van der Waals surface area contributed by atoms with Crippen LogP contribution in [-0.2, 0) is 25.0 Å². The van der Waals surface area contributed by atoms with Gasteiger partial charge in [0, 0.05) is 21.9 Å². The number of amides is 1. The largest absolute Gasteiger partial charge is 0.450 e. The van der Waals surface area contributed by atoms with Crippen LogP contribution < -0.4 is 9.50 Å². The molecule has 0 radical (unpaired) electrons. The third-order valence-electron chi connectivity index (χ3n) is 5.20. The Balaban J connectivity index is 2.57. The van der Waals surface area contributed by atoms with Gasteiger partial charge in [-0.3, -0.25) is 9.35 Å². The lowest BCUT2D eigenvalue weighted by molar-refractivity contribution is -0.247. The summed E-state index contributed by atoms with van der Waals surface area (Å²) in [6.07, 6.45) is 0.424. The molecule has 16 heteroatoms. The number of benzene rings is 2. The monoisotopic (exact) mass is 551 g/mol. The van der Waals surface area contributed by atoms with Crippen molar-refractivity contribution in [3.63, 3.8) is 0 Å². The molecule has 0 aliphatic rings. The van der Waals surface area contributed by atoms with E-state index in [4.69, 9.17) is 4.55 Å². The molecule has 196 valence electrons. The summed E-state index contributed by atoms with van der Waals surface area (Å²) in [5, 5.41) is -11.4. The highest BCUT2D eigenvalue weighted by molar-refractivity contribution is 7.88. The van der Waals surface area contributed by atoms with Crippen molar-refractivity contribution in [1.29, 1.82) is 0 Å². The van der Waals surface area contributed by atoms with Gasteiger partial charge in [-0.05, 0) is 18.6 Å². The second kappa shape index (κ2) is 8.81. The molecule has 0 bridgehead atoms. The molecule has 35 heavy (non-hydrogen) atoms. The molecule has 8 nitrogen and oxygen atoms in total. The lowest BCUT2D eigenvalue weighted by atomic mass is 9.89. The smallest absolute Gasteiger partial charge is 0.377 e. The molecular formula is C19H19F6NO7S2. The summed E-state index contributed by atoms with van der Waals surface area (Å²) in [6.45, 7) is 4.99. The average molecular weight is 551 g/mol. The molecule has 0 saturated heterocycles. The SMILES string of the molecule is CCC(C)(C)C(=O)Nc1cccc2c(OS(=O)(=O)C(F)(F)C(F)(F)C(F)(F)S(=O)(=O)O)cccc12. The summed E-state index contributed by atoms with van der Waals surface area (Å²) in [5.74, 6) is -8.62. The molecule has 0 aliphatic carbocycles. The Kier molecular flexibility index (Phi) is 7.21. The molecule has 0 aliphatic heterocycles. The van der Waals surface area contributed by atoms with E-state index in [1.807, 2.05) is 0 Å². The second-order valence-electron chi connectivity index (χ2n) is 7.97. The number of carbonyl (C=O) groups is 1. The normalized spacial score (nSPS) is 14.1. The quantitative estimate of drug-likeness (QED) is 0.264. The van der Waals surface area contributed by atoms with Gasteiger partial charge in [0.15, 0.2) is 5.75 Å². The van der Waals surface area contributed by atoms with E-state index in [0.29, 0.717) is 6.42 Å². The van der Waals surface area contributed by atoms with Gasteiger partial charge in [-0.25, -0.2) is 0 Å². The molecule has 0 spiro atoms. The van der Waals surface area contributed by atoms with Crippen molar-refractivity contribution in [3.05, 3.63) is 36.4 Å². The Labute approximate surface area is 196 Å². The summed E-state index contributed by atoms with van der Waals surface area (Å²) in [6, 6.07) is 6.76. The number of halogens is 6. The third kappa shape index (κ3) is 4.78. The molecule has 2 aromatic carbocycles. The van der Waals surface area contributed by atoms with Crippen LogP contribution in [0.3, 0.4) is 0 Å². The fourth-order valence-electron chi connectivity index (χ4n) is 2.57. The first-order chi connectivity index (χ1) is 15.6. The highest BCUT2D eigenvalue weighted by atomic mass is 32.2. The van der Waals surface area contributed by atoms with E-state index in [0.717, 1.165) is 18.2 Å². The Morgan fingerprint density at radius 2 is 1.43 bits per heavy atom. The maximum Gasteiger partial charge on any atom is 0.450 e. The highest BCUT2D eigenvalue weighted by Crippen LogP contribution is 2.51. The lowest BCUT2D eigenvalue weighted by Crippen LogP contribution is -2.61. The van der Waals surface area contributed by atoms with E-state index in [1.54, 1.807) is 20.8 Å². The van der Waals surface area contributed by atoms with Gasteiger partial charge in [0.1, 0.15) is 0 Å². The van der Waals surface area contributed by atoms with Crippen LogP contribution in [0.1, 0.15) is 27.2 Å². The molecule has 0 unspecified atom stereocenters.